The minimum absolute atomic E-state index is 0.401. The number of nitrogens with zero attached hydrogens (tertiary/aromatic N) is 4. The first-order chi connectivity index (χ1) is 12.2. The van der Waals surface area contributed by atoms with Gasteiger partial charge in [0.15, 0.2) is 0 Å². The molecule has 1 saturated heterocycles. The molecule has 0 saturated carbocycles. The monoisotopic (exact) mass is 339 g/mol. The Hall–Kier alpha value is -2.17. The van der Waals surface area contributed by atoms with E-state index in [4.69, 9.17) is 0 Å². The second-order valence-corrected chi connectivity index (χ2v) is 7.09. The summed E-state index contributed by atoms with van der Waals surface area (Å²) in [4.78, 5) is 7.12. The van der Waals surface area contributed by atoms with Crippen LogP contribution < -0.4 is 10.2 Å². The lowest BCUT2D eigenvalue weighted by Gasteiger charge is -2.27. The molecule has 2 aromatic rings. The first-order valence-corrected chi connectivity index (χ1v) is 9.50. The lowest BCUT2D eigenvalue weighted by molar-refractivity contribution is 0.553. The molecular formula is C20H29N5. The Kier molecular flexibility index (Phi) is 6.20. The number of rotatable bonds is 5. The quantitative estimate of drug-likeness (QED) is 0.876. The molecule has 134 valence electrons. The standard InChI is InChI=1S/C20H29N5/c1-16(2)18-10-11-19(24-23-18)22-15-17-9-8-12-21-20(17)25-13-6-4-3-5-7-14-25/h8-12,16H,3-7,13-15H2,1-2H3,(H,22,24). The van der Waals surface area contributed by atoms with Crippen LogP contribution in [0.15, 0.2) is 30.5 Å². The third kappa shape index (κ3) is 4.91. The van der Waals surface area contributed by atoms with Crippen molar-refractivity contribution in [2.24, 2.45) is 0 Å². The van der Waals surface area contributed by atoms with Gasteiger partial charge in [-0.1, -0.05) is 39.2 Å². The van der Waals surface area contributed by atoms with Crippen LogP contribution in [-0.2, 0) is 6.54 Å². The third-order valence-corrected chi connectivity index (χ3v) is 4.76. The van der Waals surface area contributed by atoms with Gasteiger partial charge < -0.3 is 10.2 Å². The Morgan fingerprint density at radius 1 is 1.00 bits per heavy atom. The predicted molar refractivity (Wildman–Crippen MR) is 103 cm³/mol. The molecule has 1 aliphatic rings. The summed E-state index contributed by atoms with van der Waals surface area (Å²) in [5.74, 6) is 2.33. The van der Waals surface area contributed by atoms with Gasteiger partial charge in [-0.15, -0.1) is 5.10 Å². The van der Waals surface area contributed by atoms with Crippen molar-refractivity contribution in [3.8, 4) is 0 Å². The zero-order valence-electron chi connectivity index (χ0n) is 15.4. The number of hydrogen-bond acceptors (Lipinski definition) is 5. The van der Waals surface area contributed by atoms with Crippen LogP contribution in [0.3, 0.4) is 0 Å². The molecule has 0 radical (unpaired) electrons. The van der Waals surface area contributed by atoms with E-state index >= 15 is 0 Å². The molecule has 0 amide bonds. The molecule has 25 heavy (non-hydrogen) atoms. The Morgan fingerprint density at radius 2 is 1.76 bits per heavy atom. The van der Waals surface area contributed by atoms with Crippen LogP contribution in [0.25, 0.3) is 0 Å². The summed E-state index contributed by atoms with van der Waals surface area (Å²) in [5, 5.41) is 12.0. The maximum absolute atomic E-state index is 4.67. The molecule has 0 aromatic carbocycles. The second-order valence-electron chi connectivity index (χ2n) is 7.09. The summed E-state index contributed by atoms with van der Waals surface area (Å²) < 4.78 is 0. The molecule has 0 spiro atoms. The van der Waals surface area contributed by atoms with Crippen LogP contribution in [0.2, 0.25) is 0 Å². The molecule has 2 aromatic heterocycles. The van der Waals surface area contributed by atoms with Gasteiger partial charge in [0.2, 0.25) is 0 Å². The highest BCUT2D eigenvalue weighted by Gasteiger charge is 2.14. The first-order valence-electron chi connectivity index (χ1n) is 9.50. The van der Waals surface area contributed by atoms with Crippen LogP contribution in [0.4, 0.5) is 11.6 Å². The number of aromatic nitrogens is 3. The van der Waals surface area contributed by atoms with Crippen molar-refractivity contribution in [2.75, 3.05) is 23.3 Å². The highest BCUT2D eigenvalue weighted by molar-refractivity contribution is 5.48. The molecule has 0 aliphatic carbocycles. The maximum Gasteiger partial charge on any atom is 0.148 e. The van der Waals surface area contributed by atoms with Crippen LogP contribution >= 0.6 is 0 Å². The number of nitrogens with one attached hydrogen (secondary N) is 1. The molecule has 0 atom stereocenters. The highest BCUT2D eigenvalue weighted by atomic mass is 15.2. The van der Waals surface area contributed by atoms with E-state index in [1.807, 2.05) is 24.4 Å². The Balaban J connectivity index is 1.67. The van der Waals surface area contributed by atoms with E-state index in [1.54, 1.807) is 0 Å². The molecule has 0 unspecified atom stereocenters. The molecule has 3 heterocycles. The minimum Gasteiger partial charge on any atom is -0.364 e. The predicted octanol–water partition coefficient (Wildman–Crippen LogP) is 4.38. The molecule has 5 heteroatoms. The van der Waals surface area contributed by atoms with E-state index in [9.17, 15) is 0 Å². The highest BCUT2D eigenvalue weighted by Crippen LogP contribution is 2.22. The largest absolute Gasteiger partial charge is 0.364 e. The van der Waals surface area contributed by atoms with Crippen molar-refractivity contribution < 1.29 is 0 Å². The Morgan fingerprint density at radius 3 is 2.44 bits per heavy atom. The summed E-state index contributed by atoms with van der Waals surface area (Å²) >= 11 is 0. The van der Waals surface area contributed by atoms with Crippen molar-refractivity contribution in [3.05, 3.63) is 41.7 Å². The van der Waals surface area contributed by atoms with E-state index in [0.29, 0.717) is 5.92 Å². The summed E-state index contributed by atoms with van der Waals surface area (Å²) in [6.45, 7) is 7.18. The van der Waals surface area contributed by atoms with Gasteiger partial charge in [0, 0.05) is 31.4 Å². The van der Waals surface area contributed by atoms with Crippen LogP contribution in [-0.4, -0.2) is 28.3 Å². The van der Waals surface area contributed by atoms with E-state index in [1.165, 1.54) is 37.7 Å². The number of hydrogen-bond donors (Lipinski definition) is 1. The molecule has 3 rings (SSSR count). The fourth-order valence-electron chi connectivity index (χ4n) is 3.24. The summed E-state index contributed by atoms with van der Waals surface area (Å²) in [6.07, 6.45) is 8.44. The molecule has 5 nitrogen and oxygen atoms in total. The zero-order chi connectivity index (χ0) is 17.5. The first kappa shape index (κ1) is 17.6. The van der Waals surface area contributed by atoms with Gasteiger partial charge in [-0.05, 0) is 37.0 Å². The molecule has 0 bridgehead atoms. The van der Waals surface area contributed by atoms with Crippen molar-refractivity contribution in [1.82, 2.24) is 15.2 Å². The van der Waals surface area contributed by atoms with Crippen molar-refractivity contribution in [1.29, 1.82) is 0 Å². The lowest BCUT2D eigenvalue weighted by atomic mass is 10.1. The maximum atomic E-state index is 4.67. The van der Waals surface area contributed by atoms with Crippen molar-refractivity contribution >= 4 is 11.6 Å². The van der Waals surface area contributed by atoms with Crippen LogP contribution in [0.1, 0.15) is 63.1 Å². The van der Waals surface area contributed by atoms with Gasteiger partial charge in [0.25, 0.3) is 0 Å². The average Bonchev–Trinajstić information content (AvgIpc) is 2.60. The normalized spacial score (nSPS) is 15.7. The molecule has 1 fully saturated rings. The summed E-state index contributed by atoms with van der Waals surface area (Å²) in [5.41, 5.74) is 2.24. The van der Waals surface area contributed by atoms with Crippen molar-refractivity contribution in [2.45, 2.75) is 58.4 Å². The van der Waals surface area contributed by atoms with E-state index < -0.39 is 0 Å². The minimum atomic E-state index is 0.401. The lowest BCUT2D eigenvalue weighted by Crippen LogP contribution is -2.29. The topological polar surface area (TPSA) is 53.9 Å². The molecular weight excluding hydrogens is 310 g/mol. The fourth-order valence-corrected chi connectivity index (χ4v) is 3.24. The van der Waals surface area contributed by atoms with Gasteiger partial charge in [0.1, 0.15) is 11.6 Å². The third-order valence-electron chi connectivity index (χ3n) is 4.76. The molecule has 1 aliphatic heterocycles. The second kappa shape index (κ2) is 8.79. The van der Waals surface area contributed by atoms with Crippen molar-refractivity contribution in [3.63, 3.8) is 0 Å². The summed E-state index contributed by atoms with van der Waals surface area (Å²) in [6, 6.07) is 8.22. The summed E-state index contributed by atoms with van der Waals surface area (Å²) in [7, 11) is 0. The Labute approximate surface area is 150 Å². The van der Waals surface area contributed by atoms with Crippen LogP contribution in [0.5, 0.6) is 0 Å². The fraction of sp³-hybridized carbons (Fsp3) is 0.550. The average molecular weight is 339 g/mol. The van der Waals surface area contributed by atoms with Gasteiger partial charge >= 0.3 is 0 Å². The number of pyridine rings is 1. The van der Waals surface area contributed by atoms with Gasteiger partial charge in [-0.2, -0.15) is 5.10 Å². The van der Waals surface area contributed by atoms with Gasteiger partial charge in [0.05, 0.1) is 5.69 Å². The van der Waals surface area contributed by atoms with E-state index in [-0.39, 0.29) is 0 Å². The van der Waals surface area contributed by atoms with Gasteiger partial charge in [-0.3, -0.25) is 0 Å². The van der Waals surface area contributed by atoms with E-state index in [2.05, 4.69) is 45.3 Å². The smallest absolute Gasteiger partial charge is 0.148 e. The zero-order valence-corrected chi connectivity index (χ0v) is 15.4. The molecule has 1 N–H and O–H groups in total. The van der Waals surface area contributed by atoms with Crippen LogP contribution in [0, 0.1) is 0 Å². The SMILES string of the molecule is CC(C)c1ccc(NCc2cccnc2N2CCCCCCC2)nn1. The Bertz CT molecular complexity index is 645. The van der Waals surface area contributed by atoms with E-state index in [0.717, 1.165) is 37.0 Å². The van der Waals surface area contributed by atoms with Gasteiger partial charge in [-0.25, -0.2) is 4.98 Å². The number of anilines is 2.